The van der Waals surface area contributed by atoms with E-state index in [1.54, 1.807) is 31.2 Å². The first-order valence-electron chi connectivity index (χ1n) is 8.33. The number of nitrogens with one attached hydrogen (secondary N) is 2. The first-order chi connectivity index (χ1) is 12.9. The van der Waals surface area contributed by atoms with Crippen LogP contribution in [-0.4, -0.2) is 29.7 Å². The van der Waals surface area contributed by atoms with Gasteiger partial charge in [-0.05, 0) is 25.1 Å². The van der Waals surface area contributed by atoms with Gasteiger partial charge >= 0.3 is 0 Å². The number of anilines is 2. The van der Waals surface area contributed by atoms with E-state index in [4.69, 9.17) is 21.2 Å². The Kier molecular flexibility index (Phi) is 4.24. The molecule has 7 nitrogen and oxygen atoms in total. The van der Waals surface area contributed by atoms with Gasteiger partial charge in [0.05, 0.1) is 11.4 Å². The summed E-state index contributed by atoms with van der Waals surface area (Å²) in [6.45, 7) is 1.62. The molecule has 27 heavy (non-hydrogen) atoms. The van der Waals surface area contributed by atoms with Crippen molar-refractivity contribution in [2.45, 2.75) is 18.9 Å². The Bertz CT molecular complexity index is 975. The van der Waals surface area contributed by atoms with Crippen molar-refractivity contribution in [1.29, 1.82) is 0 Å². The normalized spacial score (nSPS) is 20.7. The third-order valence-corrected chi connectivity index (χ3v) is 4.73. The zero-order valence-electron chi connectivity index (χ0n) is 14.4. The van der Waals surface area contributed by atoms with Crippen molar-refractivity contribution >= 4 is 40.5 Å². The Morgan fingerprint density at radius 3 is 2.93 bits per heavy atom. The molecule has 2 aliphatic heterocycles. The number of carbonyl (C=O) groups is 2. The van der Waals surface area contributed by atoms with Gasteiger partial charge in [0.15, 0.2) is 6.61 Å². The van der Waals surface area contributed by atoms with Gasteiger partial charge in [-0.2, -0.15) is 0 Å². The molecule has 2 heterocycles. The molecule has 0 fully saturated rings. The third-order valence-electron chi connectivity index (χ3n) is 4.40. The maximum atomic E-state index is 12.8. The van der Waals surface area contributed by atoms with Crippen molar-refractivity contribution < 1.29 is 19.2 Å². The maximum Gasteiger partial charge on any atom is 0.271 e. The quantitative estimate of drug-likeness (QED) is 0.849. The summed E-state index contributed by atoms with van der Waals surface area (Å²) in [7, 11) is 0. The molecular weight excluding hydrogens is 370 g/mol. The number of hydrogen-bond donors (Lipinski definition) is 2. The fourth-order valence-corrected chi connectivity index (χ4v) is 3.16. The Balaban J connectivity index is 1.48. The number of nitrogens with zero attached hydrogens (tertiary/aromatic N) is 1. The first-order valence-corrected chi connectivity index (χ1v) is 8.70. The smallest absolute Gasteiger partial charge is 0.271 e. The number of carbonyl (C=O) groups excluding carboxylic acids is 2. The predicted molar refractivity (Wildman–Crippen MR) is 101 cm³/mol. The molecule has 1 atom stereocenters. The van der Waals surface area contributed by atoms with E-state index in [0.717, 1.165) is 5.56 Å². The average molecular weight is 386 g/mol. The molecule has 2 aromatic rings. The van der Waals surface area contributed by atoms with E-state index in [9.17, 15) is 9.59 Å². The van der Waals surface area contributed by atoms with Gasteiger partial charge in [0.25, 0.3) is 11.8 Å². The molecule has 0 saturated heterocycles. The van der Waals surface area contributed by atoms with Crippen LogP contribution in [0.4, 0.5) is 11.4 Å². The largest absolute Gasteiger partial charge is 0.482 e. The summed E-state index contributed by atoms with van der Waals surface area (Å²) in [4.78, 5) is 29.5. The van der Waals surface area contributed by atoms with Gasteiger partial charge in [-0.15, -0.1) is 0 Å². The molecule has 0 spiro atoms. The van der Waals surface area contributed by atoms with Crippen LogP contribution in [0.2, 0.25) is 5.02 Å². The molecule has 0 aromatic heterocycles. The number of fused-ring (bicyclic) bond motifs is 1. The fraction of sp³-hybridized carbons (Fsp3) is 0.211. The highest BCUT2D eigenvalue weighted by Gasteiger charge is 2.42. The van der Waals surface area contributed by atoms with Crippen molar-refractivity contribution in [1.82, 2.24) is 0 Å². The highest BCUT2D eigenvalue weighted by Crippen LogP contribution is 2.33. The molecule has 138 valence electrons. The minimum Gasteiger partial charge on any atom is -0.482 e. The van der Waals surface area contributed by atoms with E-state index >= 15 is 0 Å². The number of rotatable bonds is 3. The number of ether oxygens (including phenoxy) is 1. The van der Waals surface area contributed by atoms with Crippen LogP contribution in [-0.2, 0) is 14.4 Å². The SMILES string of the molecule is C[C@]1(C(=O)Nc2ccc3c(c2)OCC(=O)N3)CC(c2ccccc2Cl)=NO1. The zero-order valence-corrected chi connectivity index (χ0v) is 15.2. The van der Waals surface area contributed by atoms with Crippen LogP contribution in [0.15, 0.2) is 47.6 Å². The van der Waals surface area contributed by atoms with Crippen LogP contribution in [0.25, 0.3) is 0 Å². The van der Waals surface area contributed by atoms with Gasteiger partial charge in [0.1, 0.15) is 5.75 Å². The van der Waals surface area contributed by atoms with Gasteiger partial charge in [-0.1, -0.05) is 35.0 Å². The minimum absolute atomic E-state index is 0.0553. The van der Waals surface area contributed by atoms with Crippen molar-refractivity contribution in [2.24, 2.45) is 5.16 Å². The van der Waals surface area contributed by atoms with Gasteiger partial charge in [-0.25, -0.2) is 0 Å². The summed E-state index contributed by atoms with van der Waals surface area (Å²) in [5, 5.41) is 10.1. The van der Waals surface area contributed by atoms with E-state index in [-0.39, 0.29) is 18.4 Å². The van der Waals surface area contributed by atoms with Crippen molar-refractivity contribution in [2.75, 3.05) is 17.2 Å². The molecule has 2 aliphatic rings. The van der Waals surface area contributed by atoms with Crippen molar-refractivity contribution in [3.05, 3.63) is 53.1 Å². The number of oxime groups is 1. The minimum atomic E-state index is -1.15. The molecule has 2 aromatic carbocycles. The highest BCUT2D eigenvalue weighted by atomic mass is 35.5. The predicted octanol–water partition coefficient (Wildman–Crippen LogP) is 3.19. The molecular formula is C19H16ClN3O4. The summed E-state index contributed by atoms with van der Waals surface area (Å²) < 4.78 is 5.36. The lowest BCUT2D eigenvalue weighted by atomic mass is 9.95. The standard InChI is InChI=1S/C19H16ClN3O4/c1-19(9-15(23-27-19)12-4-2-3-5-13(12)20)18(25)21-11-6-7-14-16(8-11)26-10-17(24)22-14/h2-8H,9-10H2,1H3,(H,21,25)(H,22,24)/t19-/m1/s1. The summed E-state index contributed by atoms with van der Waals surface area (Å²) in [5.41, 5.74) is 1.31. The number of halogens is 1. The number of hydrogen-bond acceptors (Lipinski definition) is 5. The Morgan fingerprint density at radius 1 is 1.30 bits per heavy atom. The van der Waals surface area contributed by atoms with Crippen LogP contribution in [0.3, 0.4) is 0 Å². The molecule has 0 radical (unpaired) electrons. The Hall–Kier alpha value is -3.06. The topological polar surface area (TPSA) is 89.0 Å². The second-order valence-electron chi connectivity index (χ2n) is 6.52. The van der Waals surface area contributed by atoms with Crippen LogP contribution >= 0.6 is 11.6 Å². The van der Waals surface area contributed by atoms with Gasteiger partial charge in [0, 0.05) is 28.8 Å². The molecule has 4 rings (SSSR count). The van der Waals surface area contributed by atoms with Gasteiger partial charge in [0.2, 0.25) is 5.60 Å². The summed E-state index contributed by atoms with van der Waals surface area (Å²) in [5.74, 6) is -0.0543. The maximum absolute atomic E-state index is 12.8. The van der Waals surface area contributed by atoms with Crippen LogP contribution in [0, 0.1) is 0 Å². The van der Waals surface area contributed by atoms with E-state index in [0.29, 0.717) is 34.3 Å². The van der Waals surface area contributed by atoms with E-state index in [1.807, 2.05) is 18.2 Å². The van der Waals surface area contributed by atoms with E-state index < -0.39 is 5.60 Å². The average Bonchev–Trinajstić information content (AvgIpc) is 3.06. The molecule has 0 aliphatic carbocycles. The molecule has 2 N–H and O–H groups in total. The highest BCUT2D eigenvalue weighted by molar-refractivity contribution is 6.34. The molecule has 0 unspecified atom stereocenters. The molecule has 0 saturated carbocycles. The van der Waals surface area contributed by atoms with Crippen LogP contribution < -0.4 is 15.4 Å². The first kappa shape index (κ1) is 17.4. The summed E-state index contributed by atoms with van der Waals surface area (Å²) >= 11 is 6.20. The Labute approximate surface area is 160 Å². The van der Waals surface area contributed by atoms with E-state index in [1.165, 1.54) is 0 Å². The van der Waals surface area contributed by atoms with Crippen molar-refractivity contribution in [3.63, 3.8) is 0 Å². The lowest BCUT2D eigenvalue weighted by Crippen LogP contribution is -2.40. The van der Waals surface area contributed by atoms with E-state index in [2.05, 4.69) is 15.8 Å². The lowest BCUT2D eigenvalue weighted by molar-refractivity contribution is -0.135. The second-order valence-corrected chi connectivity index (χ2v) is 6.93. The summed E-state index contributed by atoms with van der Waals surface area (Å²) in [6, 6.07) is 12.3. The van der Waals surface area contributed by atoms with Crippen LogP contribution in [0.5, 0.6) is 5.75 Å². The molecule has 2 amide bonds. The number of amides is 2. The zero-order chi connectivity index (χ0) is 19.0. The monoisotopic (exact) mass is 385 g/mol. The number of benzene rings is 2. The Morgan fingerprint density at radius 2 is 2.11 bits per heavy atom. The third kappa shape index (κ3) is 3.33. The molecule has 0 bridgehead atoms. The van der Waals surface area contributed by atoms with Crippen LogP contribution in [0.1, 0.15) is 18.9 Å². The lowest BCUT2D eigenvalue weighted by Gasteiger charge is -2.22. The fourth-order valence-electron chi connectivity index (χ4n) is 2.92. The van der Waals surface area contributed by atoms with Gasteiger partial charge < -0.3 is 20.2 Å². The second kappa shape index (κ2) is 6.59. The van der Waals surface area contributed by atoms with Crippen molar-refractivity contribution in [3.8, 4) is 5.75 Å². The van der Waals surface area contributed by atoms with Gasteiger partial charge in [-0.3, -0.25) is 9.59 Å². The summed E-state index contributed by atoms with van der Waals surface area (Å²) in [6.07, 6.45) is 0.292. The molecule has 8 heteroatoms.